The molecule has 0 aromatic heterocycles. The van der Waals surface area contributed by atoms with Gasteiger partial charge >= 0.3 is 33.0 Å². The van der Waals surface area contributed by atoms with Gasteiger partial charge in [0.05, 0.1) is 0 Å². The lowest BCUT2D eigenvalue weighted by Gasteiger charge is -2.34. The smallest absolute Gasteiger partial charge is 0.390 e. The molecular weight excluding hydrogens is 202 g/mol. The molecule has 2 aliphatic carbocycles. The van der Waals surface area contributed by atoms with Gasteiger partial charge in [0.25, 0.3) is 0 Å². The third kappa shape index (κ3) is 1.04. The van der Waals surface area contributed by atoms with Crippen molar-refractivity contribution in [2.75, 3.05) is 0 Å². The standard InChI is InChI=1S/C10H14N2.2Al.4H/c1-9(2)6-4-5-10(9,3)8(12)7(6)11;;;;;;/h6H,4-5H2,1-3H3;;;;;;/q-2;2*+1;;;;. The van der Waals surface area contributed by atoms with Crippen molar-refractivity contribution in [2.45, 2.75) is 33.6 Å². The highest BCUT2D eigenvalue weighted by molar-refractivity contribution is 6.52. The van der Waals surface area contributed by atoms with Crippen LogP contribution in [0.3, 0.4) is 0 Å². The van der Waals surface area contributed by atoms with E-state index in [2.05, 4.69) is 28.7 Å². The maximum absolute atomic E-state index is 4.64. The zero-order valence-electron chi connectivity index (χ0n) is 9.89. The molecule has 4 heteroatoms. The summed E-state index contributed by atoms with van der Waals surface area (Å²) in [6.07, 6.45) is 2.64. The lowest BCUT2D eigenvalue weighted by molar-refractivity contribution is 0.208. The van der Waals surface area contributed by atoms with E-state index in [1.54, 1.807) is 0 Å². The fourth-order valence-electron chi connectivity index (χ4n) is 3.47. The van der Waals surface area contributed by atoms with Gasteiger partial charge in [-0.2, -0.15) is 0 Å². The summed E-state index contributed by atoms with van der Waals surface area (Å²) < 4.78 is 9.25. The van der Waals surface area contributed by atoms with Crippen LogP contribution in [-0.2, 0) is 0 Å². The van der Waals surface area contributed by atoms with Crippen LogP contribution in [0.4, 0.5) is 0 Å². The number of fused-ring (bicyclic) bond motifs is 2. The number of rotatable bonds is 0. The highest BCUT2D eigenvalue weighted by Gasteiger charge is 2.62. The molecule has 2 fully saturated rings. The number of hydrogen-bond donors (Lipinski definition) is 0. The SMILES string of the molecule is CC12CCC(C(=[N][AlH2])C1=[N][AlH2])C2(C)C. The van der Waals surface area contributed by atoms with Crippen LogP contribution < -0.4 is 0 Å². The van der Waals surface area contributed by atoms with Gasteiger partial charge in [0.2, 0.25) is 0 Å². The molecular formula is C10H18Al2N2. The lowest BCUT2D eigenvalue weighted by Crippen LogP contribution is -2.33. The van der Waals surface area contributed by atoms with E-state index in [-0.39, 0.29) is 0 Å². The van der Waals surface area contributed by atoms with Crippen LogP contribution in [0.5, 0.6) is 0 Å². The van der Waals surface area contributed by atoms with Crippen molar-refractivity contribution in [3.05, 3.63) is 0 Å². The molecule has 0 heterocycles. The maximum atomic E-state index is 4.64. The minimum atomic E-state index is 0.322. The van der Waals surface area contributed by atoms with Crippen molar-refractivity contribution in [3.8, 4) is 0 Å². The molecule has 2 rings (SSSR count). The van der Waals surface area contributed by atoms with Gasteiger partial charge in [-0.25, -0.2) is 0 Å². The van der Waals surface area contributed by atoms with Gasteiger partial charge in [0.1, 0.15) is 0 Å². The van der Waals surface area contributed by atoms with Crippen molar-refractivity contribution in [3.63, 3.8) is 0 Å². The molecule has 2 saturated carbocycles. The predicted octanol–water partition coefficient (Wildman–Crippen LogP) is 0.421. The molecule has 2 unspecified atom stereocenters. The number of hydrogen-bond acceptors (Lipinski definition) is 2. The van der Waals surface area contributed by atoms with Crippen LogP contribution in [-0.4, -0.2) is 44.4 Å². The first kappa shape index (κ1) is 10.9. The Morgan fingerprint density at radius 1 is 1.21 bits per heavy atom. The molecule has 2 bridgehead atoms. The zero-order chi connectivity index (χ0) is 10.6. The first-order valence-electron chi connectivity index (χ1n) is 5.43. The molecule has 74 valence electrons. The summed E-state index contributed by atoms with van der Waals surface area (Å²) in [4.78, 5) is 0. The summed E-state index contributed by atoms with van der Waals surface area (Å²) in [7, 11) is 0. The third-order valence-corrected chi connectivity index (χ3v) is 5.72. The maximum Gasteiger partial charge on any atom is 0.390 e. The summed E-state index contributed by atoms with van der Waals surface area (Å²) in [6, 6.07) is 0. The Morgan fingerprint density at radius 3 is 2.29 bits per heavy atom. The van der Waals surface area contributed by atoms with Crippen molar-refractivity contribution in [1.29, 1.82) is 0 Å². The highest BCUT2D eigenvalue weighted by Crippen LogP contribution is 2.62. The fraction of sp³-hybridized carbons (Fsp3) is 0.800. The average molecular weight is 220 g/mol. The summed E-state index contributed by atoms with van der Waals surface area (Å²) in [5.74, 6) is 0.692. The molecule has 0 aromatic carbocycles. The second-order valence-electron chi connectivity index (χ2n) is 5.33. The van der Waals surface area contributed by atoms with Crippen LogP contribution in [0, 0.1) is 16.7 Å². The molecule has 0 amide bonds. The summed E-state index contributed by atoms with van der Waals surface area (Å²) in [5.41, 5.74) is 3.44. The van der Waals surface area contributed by atoms with Crippen molar-refractivity contribution < 1.29 is 0 Å². The van der Waals surface area contributed by atoms with E-state index in [1.807, 2.05) is 0 Å². The van der Waals surface area contributed by atoms with Gasteiger partial charge in [-0.15, -0.1) is 0 Å². The molecule has 14 heavy (non-hydrogen) atoms. The van der Waals surface area contributed by atoms with E-state index in [4.69, 9.17) is 0 Å². The van der Waals surface area contributed by atoms with Gasteiger partial charge in [-0.05, 0) is 18.3 Å². The Bertz CT molecular complexity index is 333. The first-order valence-corrected chi connectivity index (χ1v) is 7.22. The quantitative estimate of drug-likeness (QED) is 0.529. The fourth-order valence-corrected chi connectivity index (χ4v) is 4.72. The Kier molecular flexibility index (Phi) is 2.49. The summed E-state index contributed by atoms with van der Waals surface area (Å²) in [6.45, 7) is 7.19. The topological polar surface area (TPSA) is 24.7 Å². The predicted molar refractivity (Wildman–Crippen MR) is 66.6 cm³/mol. The molecule has 2 nitrogen and oxygen atoms in total. The Balaban J connectivity index is 2.60. The van der Waals surface area contributed by atoms with E-state index >= 15 is 0 Å². The molecule has 0 radical (unpaired) electrons. The number of nitrogens with zero attached hydrogens (tertiary/aromatic N) is 2. The van der Waals surface area contributed by atoms with Crippen LogP contribution in [0.1, 0.15) is 33.6 Å². The van der Waals surface area contributed by atoms with Crippen LogP contribution >= 0.6 is 0 Å². The molecule has 0 N–H and O–H groups in total. The second kappa shape index (κ2) is 3.20. The van der Waals surface area contributed by atoms with E-state index in [9.17, 15) is 0 Å². The van der Waals surface area contributed by atoms with Crippen molar-refractivity contribution in [2.24, 2.45) is 24.7 Å². The van der Waals surface area contributed by atoms with Crippen LogP contribution in [0.15, 0.2) is 7.95 Å². The Labute approximate surface area is 103 Å². The van der Waals surface area contributed by atoms with Crippen molar-refractivity contribution >= 4 is 44.4 Å². The summed E-state index contributed by atoms with van der Waals surface area (Å²) >= 11 is 1.85. The van der Waals surface area contributed by atoms with E-state index in [0.717, 1.165) is 33.0 Å². The second-order valence-corrected chi connectivity index (χ2v) is 6.22. The van der Waals surface area contributed by atoms with E-state index in [0.29, 0.717) is 16.7 Å². The minimum absolute atomic E-state index is 0.322. The molecule has 2 aliphatic rings. The lowest BCUT2D eigenvalue weighted by atomic mass is 9.70. The average Bonchev–Trinajstić information content (AvgIpc) is 2.46. The molecule has 0 aromatic rings. The molecule has 2 atom stereocenters. The monoisotopic (exact) mass is 220 g/mol. The van der Waals surface area contributed by atoms with Crippen LogP contribution in [0.25, 0.3) is 0 Å². The van der Waals surface area contributed by atoms with E-state index < -0.39 is 0 Å². The Hall–Kier alpha value is 0.405. The van der Waals surface area contributed by atoms with E-state index in [1.165, 1.54) is 24.3 Å². The Morgan fingerprint density at radius 2 is 1.86 bits per heavy atom. The van der Waals surface area contributed by atoms with Gasteiger partial charge in [-0.1, -0.05) is 20.8 Å². The zero-order valence-corrected chi connectivity index (χ0v) is 13.9. The van der Waals surface area contributed by atoms with Gasteiger partial charge in [-0.3, -0.25) is 0 Å². The summed E-state index contributed by atoms with van der Waals surface area (Å²) in [5, 5.41) is 0. The largest absolute Gasteiger partial charge is 0.412 e. The van der Waals surface area contributed by atoms with Crippen molar-refractivity contribution in [1.82, 2.24) is 0 Å². The van der Waals surface area contributed by atoms with Gasteiger partial charge < -0.3 is 7.95 Å². The molecule has 0 saturated heterocycles. The van der Waals surface area contributed by atoms with Crippen LogP contribution in [0.2, 0.25) is 0 Å². The normalized spacial score (nSPS) is 45.2. The van der Waals surface area contributed by atoms with Gasteiger partial charge in [0, 0.05) is 22.8 Å². The molecule has 0 aliphatic heterocycles. The van der Waals surface area contributed by atoms with Gasteiger partial charge in [0.15, 0.2) is 0 Å². The minimum Gasteiger partial charge on any atom is -0.412 e. The third-order valence-electron chi connectivity index (χ3n) is 4.79. The highest BCUT2D eigenvalue weighted by atomic mass is 27.1. The molecule has 0 spiro atoms. The first-order chi connectivity index (χ1) is 6.49.